The van der Waals surface area contributed by atoms with Crippen molar-refractivity contribution in [1.29, 1.82) is 0 Å². The van der Waals surface area contributed by atoms with Gasteiger partial charge in [0.25, 0.3) is 0 Å². The Hall–Kier alpha value is -2.22. The van der Waals surface area contributed by atoms with E-state index in [-0.39, 0.29) is 11.9 Å². The molecule has 0 aromatic heterocycles. The molecule has 6 nitrogen and oxygen atoms in total. The van der Waals surface area contributed by atoms with Crippen molar-refractivity contribution in [2.24, 2.45) is 0 Å². The van der Waals surface area contributed by atoms with E-state index in [4.69, 9.17) is 0 Å². The van der Waals surface area contributed by atoms with Gasteiger partial charge in [-0.15, -0.1) is 0 Å². The second-order valence-corrected chi connectivity index (χ2v) is 10.7. The van der Waals surface area contributed by atoms with Crippen molar-refractivity contribution in [3.63, 3.8) is 0 Å². The Balaban J connectivity index is 1.48. The molecule has 2 aliphatic heterocycles. The smallest absolute Gasteiger partial charge is 0.227 e. The Morgan fingerprint density at radius 1 is 1.03 bits per heavy atom. The summed E-state index contributed by atoms with van der Waals surface area (Å²) in [5, 5.41) is 0. The summed E-state index contributed by atoms with van der Waals surface area (Å²) in [6.07, 6.45) is 3.99. The number of carbonyl (C=O) groups is 1. The van der Waals surface area contributed by atoms with Gasteiger partial charge < -0.3 is 9.80 Å². The van der Waals surface area contributed by atoms with Crippen LogP contribution >= 0.6 is 0 Å². The second kappa shape index (κ2) is 9.10. The lowest BCUT2D eigenvalue weighted by Gasteiger charge is -2.32. The summed E-state index contributed by atoms with van der Waals surface area (Å²) >= 11 is 0. The molecule has 1 fully saturated rings. The fourth-order valence-electron chi connectivity index (χ4n) is 4.57. The summed E-state index contributed by atoms with van der Waals surface area (Å²) < 4.78 is 25.2. The number of benzene rings is 2. The first kappa shape index (κ1) is 22.0. The van der Waals surface area contributed by atoms with Gasteiger partial charge in [0.05, 0.1) is 18.7 Å². The van der Waals surface area contributed by atoms with Crippen molar-refractivity contribution in [2.75, 3.05) is 32.9 Å². The second-order valence-electron chi connectivity index (χ2n) is 8.75. The number of carbonyl (C=O) groups excluding carboxylic acids is 1. The molecule has 2 aromatic carbocycles. The van der Waals surface area contributed by atoms with Gasteiger partial charge in [-0.2, -0.15) is 4.31 Å². The third-order valence-electron chi connectivity index (χ3n) is 6.46. The zero-order valence-electron chi connectivity index (χ0n) is 18.3. The molecule has 2 aromatic rings. The molecule has 0 saturated carbocycles. The molecule has 1 amide bonds. The highest BCUT2D eigenvalue weighted by Gasteiger charge is 2.28. The highest BCUT2D eigenvalue weighted by Crippen LogP contribution is 2.27. The molecule has 31 heavy (non-hydrogen) atoms. The summed E-state index contributed by atoms with van der Waals surface area (Å²) in [5.41, 5.74) is 4.10. The van der Waals surface area contributed by atoms with Crippen LogP contribution in [0.1, 0.15) is 41.1 Å². The van der Waals surface area contributed by atoms with Gasteiger partial charge >= 0.3 is 0 Å². The molecule has 1 atom stereocenters. The van der Waals surface area contributed by atoms with Crippen molar-refractivity contribution in [2.45, 2.75) is 38.4 Å². The Bertz CT molecular complexity index is 1030. The predicted octanol–water partition coefficient (Wildman–Crippen LogP) is 2.80. The van der Waals surface area contributed by atoms with Crippen LogP contribution in [0.15, 0.2) is 48.5 Å². The van der Waals surface area contributed by atoms with Crippen molar-refractivity contribution in [3.05, 3.63) is 70.8 Å². The van der Waals surface area contributed by atoms with Crippen LogP contribution in [0.4, 0.5) is 0 Å². The summed E-state index contributed by atoms with van der Waals surface area (Å²) in [4.78, 5) is 17.5. The zero-order chi connectivity index (χ0) is 22.0. The number of sulfonamides is 1. The summed E-state index contributed by atoms with van der Waals surface area (Å²) in [6.45, 7) is 3.82. The Morgan fingerprint density at radius 2 is 1.71 bits per heavy atom. The van der Waals surface area contributed by atoms with Gasteiger partial charge in [-0.1, -0.05) is 48.5 Å². The number of hydrogen-bond donors (Lipinski definition) is 0. The number of hydrogen-bond acceptors (Lipinski definition) is 4. The van der Waals surface area contributed by atoms with E-state index < -0.39 is 10.0 Å². The van der Waals surface area contributed by atoms with E-state index in [2.05, 4.69) is 17.0 Å². The fourth-order valence-corrected chi connectivity index (χ4v) is 5.32. The van der Waals surface area contributed by atoms with Crippen molar-refractivity contribution < 1.29 is 13.2 Å². The summed E-state index contributed by atoms with van der Waals surface area (Å²) in [5.74, 6) is 0.0750. The lowest BCUT2D eigenvalue weighted by molar-refractivity contribution is -0.131. The predicted molar refractivity (Wildman–Crippen MR) is 122 cm³/mol. The normalized spacial score (nSPS) is 18.1. The van der Waals surface area contributed by atoms with Gasteiger partial charge in [-0.05, 0) is 48.2 Å². The van der Waals surface area contributed by atoms with Crippen LogP contribution in [0, 0.1) is 0 Å². The zero-order valence-corrected chi connectivity index (χ0v) is 19.1. The number of amides is 1. The molecule has 2 aliphatic rings. The average Bonchev–Trinajstić information content (AvgIpc) is 3.41. The quantitative estimate of drug-likeness (QED) is 0.663. The van der Waals surface area contributed by atoms with E-state index in [0.29, 0.717) is 19.5 Å². The van der Waals surface area contributed by atoms with E-state index in [1.807, 2.05) is 48.3 Å². The van der Waals surface area contributed by atoms with E-state index >= 15 is 0 Å². The first-order valence-corrected chi connectivity index (χ1v) is 12.7. The first-order valence-electron chi connectivity index (χ1n) is 10.9. The maximum atomic E-state index is 13.2. The van der Waals surface area contributed by atoms with Gasteiger partial charge in [0.15, 0.2) is 0 Å². The van der Waals surface area contributed by atoms with Gasteiger partial charge in [0, 0.05) is 26.7 Å². The van der Waals surface area contributed by atoms with Crippen LogP contribution in [-0.4, -0.2) is 61.4 Å². The van der Waals surface area contributed by atoms with Gasteiger partial charge in [-0.25, -0.2) is 8.42 Å². The van der Waals surface area contributed by atoms with Crippen LogP contribution in [0.5, 0.6) is 0 Å². The Kier molecular flexibility index (Phi) is 6.46. The number of fused-ring (bicyclic) bond motifs is 1. The molecule has 2 heterocycles. The molecule has 0 N–H and O–H groups in total. The van der Waals surface area contributed by atoms with Gasteiger partial charge in [-0.3, -0.25) is 4.79 Å². The molecule has 0 radical (unpaired) electrons. The standard InChI is InChI=1S/C24H31N3O3S/c1-25(23(18-26-12-6-7-13-26)20-8-4-3-5-9-20)24(28)15-19-10-11-21-16-27(31(2,29)30)17-22(21)14-19/h3-5,8-11,14,23H,6-7,12-13,15-18H2,1-2H3/t23-/m1/s1. The minimum absolute atomic E-state index is 0.0157. The van der Waals surface area contributed by atoms with Gasteiger partial charge in [0.2, 0.25) is 15.9 Å². The molecular formula is C24H31N3O3S. The molecule has 1 saturated heterocycles. The third kappa shape index (κ3) is 5.17. The minimum Gasteiger partial charge on any atom is -0.337 e. The van der Waals surface area contributed by atoms with E-state index in [1.54, 1.807) is 0 Å². The van der Waals surface area contributed by atoms with E-state index in [1.165, 1.54) is 23.4 Å². The SMILES string of the molecule is CN(C(=O)Cc1ccc2c(c1)CN(S(C)(=O)=O)C2)[C@H](CN1CCCC1)c1ccccc1. The summed E-state index contributed by atoms with van der Waals surface area (Å²) in [7, 11) is -1.32. The van der Waals surface area contributed by atoms with Crippen molar-refractivity contribution >= 4 is 15.9 Å². The Labute approximate surface area is 185 Å². The number of nitrogens with zero attached hydrogens (tertiary/aromatic N) is 3. The van der Waals surface area contributed by atoms with Gasteiger partial charge in [0.1, 0.15) is 0 Å². The molecule has 0 unspecified atom stereocenters. The lowest BCUT2D eigenvalue weighted by Crippen LogP contribution is -2.39. The highest BCUT2D eigenvalue weighted by molar-refractivity contribution is 7.88. The Morgan fingerprint density at radius 3 is 2.39 bits per heavy atom. The number of likely N-dealkylation sites (N-methyl/N-ethyl adjacent to an activating group) is 1. The van der Waals surface area contributed by atoms with Crippen molar-refractivity contribution in [1.82, 2.24) is 14.1 Å². The van der Waals surface area contributed by atoms with Crippen LogP contribution in [0.2, 0.25) is 0 Å². The maximum Gasteiger partial charge on any atom is 0.227 e. The van der Waals surface area contributed by atoms with Crippen LogP contribution in [0.25, 0.3) is 0 Å². The molecule has 7 heteroatoms. The van der Waals surface area contributed by atoms with Crippen LogP contribution in [-0.2, 0) is 34.3 Å². The van der Waals surface area contributed by atoms with E-state index in [9.17, 15) is 13.2 Å². The van der Waals surface area contributed by atoms with Crippen molar-refractivity contribution in [3.8, 4) is 0 Å². The molecule has 4 rings (SSSR count). The average molecular weight is 442 g/mol. The minimum atomic E-state index is -3.22. The fraction of sp³-hybridized carbons (Fsp3) is 0.458. The van der Waals surface area contributed by atoms with Crippen LogP contribution in [0.3, 0.4) is 0 Å². The number of rotatable bonds is 7. The molecule has 0 bridgehead atoms. The maximum absolute atomic E-state index is 13.2. The molecular weight excluding hydrogens is 410 g/mol. The highest BCUT2D eigenvalue weighted by atomic mass is 32.2. The largest absolute Gasteiger partial charge is 0.337 e. The molecule has 0 spiro atoms. The van der Waals surface area contributed by atoms with E-state index in [0.717, 1.165) is 41.9 Å². The summed E-state index contributed by atoms with van der Waals surface area (Å²) in [6, 6.07) is 16.2. The lowest BCUT2D eigenvalue weighted by atomic mass is 10.0. The van der Waals surface area contributed by atoms with Crippen LogP contribution < -0.4 is 0 Å². The first-order chi connectivity index (χ1) is 14.8. The monoisotopic (exact) mass is 441 g/mol. The molecule has 166 valence electrons. The number of likely N-dealkylation sites (tertiary alicyclic amines) is 1. The third-order valence-corrected chi connectivity index (χ3v) is 7.66. The topological polar surface area (TPSA) is 60.9 Å². The molecule has 0 aliphatic carbocycles.